The molecule has 1 heterocycles. The molecule has 14 heavy (non-hydrogen) atoms. The second kappa shape index (κ2) is 3.29. The minimum atomic E-state index is 0.234. The predicted molar refractivity (Wildman–Crippen MR) is 50.4 cm³/mol. The topological polar surface area (TPSA) is 36.9 Å². The fourth-order valence-corrected chi connectivity index (χ4v) is 1.54. The van der Waals surface area contributed by atoms with Crippen molar-refractivity contribution < 1.29 is 18.9 Å². The van der Waals surface area contributed by atoms with Crippen LogP contribution < -0.4 is 18.9 Å². The minimum Gasteiger partial charge on any atom is -0.496 e. The van der Waals surface area contributed by atoms with Crippen LogP contribution in [0.25, 0.3) is 0 Å². The molecule has 4 nitrogen and oxygen atoms in total. The summed E-state index contributed by atoms with van der Waals surface area (Å²) in [5.74, 6) is 2.75. The Labute approximate surface area is 82.3 Å². The normalized spacial score (nSPS) is 12.8. The first kappa shape index (κ1) is 8.99. The van der Waals surface area contributed by atoms with Crippen LogP contribution in [0.2, 0.25) is 0 Å². The van der Waals surface area contributed by atoms with Gasteiger partial charge in [-0.25, -0.2) is 0 Å². The fraction of sp³-hybridized carbons (Fsp3) is 0.400. The molecule has 0 bridgehead atoms. The van der Waals surface area contributed by atoms with E-state index in [1.165, 1.54) is 0 Å². The lowest BCUT2D eigenvalue weighted by atomic mass is 10.1. The molecule has 0 radical (unpaired) electrons. The largest absolute Gasteiger partial charge is 0.496 e. The highest BCUT2D eigenvalue weighted by Crippen LogP contribution is 2.46. The number of hydrogen-bond acceptors (Lipinski definition) is 4. The van der Waals surface area contributed by atoms with Gasteiger partial charge < -0.3 is 18.9 Å². The molecular weight excluding hydrogens is 184 g/mol. The van der Waals surface area contributed by atoms with E-state index in [1.54, 1.807) is 20.3 Å². The standard InChI is InChI=1S/C10H12O4/c1-6-7(11-2)4-8-10(9(6)12-3)14-5-13-8/h4H,5H2,1-3H3. The van der Waals surface area contributed by atoms with Gasteiger partial charge >= 0.3 is 0 Å². The molecule has 0 saturated carbocycles. The van der Waals surface area contributed by atoms with Gasteiger partial charge in [0.25, 0.3) is 0 Å². The highest BCUT2D eigenvalue weighted by molar-refractivity contribution is 5.62. The second-order valence-corrected chi connectivity index (χ2v) is 2.97. The van der Waals surface area contributed by atoms with Gasteiger partial charge in [0.2, 0.25) is 12.5 Å². The number of hydrogen-bond donors (Lipinski definition) is 0. The zero-order valence-electron chi connectivity index (χ0n) is 8.42. The molecule has 1 aliphatic rings. The average Bonchev–Trinajstić information content (AvgIpc) is 2.64. The highest BCUT2D eigenvalue weighted by atomic mass is 16.7. The Kier molecular flexibility index (Phi) is 2.11. The molecule has 0 amide bonds. The molecule has 1 aromatic rings. The van der Waals surface area contributed by atoms with E-state index in [0.29, 0.717) is 17.2 Å². The predicted octanol–water partition coefficient (Wildman–Crippen LogP) is 1.74. The van der Waals surface area contributed by atoms with Gasteiger partial charge in [0.05, 0.1) is 14.2 Å². The second-order valence-electron chi connectivity index (χ2n) is 2.97. The van der Waals surface area contributed by atoms with Gasteiger partial charge in [0.15, 0.2) is 11.5 Å². The molecule has 0 atom stereocenters. The van der Waals surface area contributed by atoms with Crippen molar-refractivity contribution >= 4 is 0 Å². The Morgan fingerprint density at radius 3 is 2.64 bits per heavy atom. The maximum Gasteiger partial charge on any atom is 0.231 e. The van der Waals surface area contributed by atoms with E-state index < -0.39 is 0 Å². The molecule has 0 fully saturated rings. The van der Waals surface area contributed by atoms with Crippen LogP contribution in [0, 0.1) is 6.92 Å². The molecule has 0 aromatic heterocycles. The summed E-state index contributed by atoms with van der Waals surface area (Å²) in [5.41, 5.74) is 0.916. The number of benzene rings is 1. The van der Waals surface area contributed by atoms with Crippen LogP contribution >= 0.6 is 0 Å². The van der Waals surface area contributed by atoms with Crippen LogP contribution in [0.4, 0.5) is 0 Å². The number of methoxy groups -OCH3 is 2. The van der Waals surface area contributed by atoms with Crippen molar-refractivity contribution in [2.45, 2.75) is 6.92 Å². The summed E-state index contributed by atoms with van der Waals surface area (Å²) in [5, 5.41) is 0. The van der Waals surface area contributed by atoms with Crippen molar-refractivity contribution in [3.8, 4) is 23.0 Å². The van der Waals surface area contributed by atoms with Crippen LogP contribution in [-0.4, -0.2) is 21.0 Å². The summed E-state index contributed by atoms with van der Waals surface area (Å²) in [6, 6.07) is 1.81. The SMILES string of the molecule is COc1cc2c(c(OC)c1C)OCO2. The van der Waals surface area contributed by atoms with E-state index in [9.17, 15) is 0 Å². The summed E-state index contributed by atoms with van der Waals surface area (Å²) in [6.45, 7) is 2.15. The van der Waals surface area contributed by atoms with Crippen LogP contribution in [0.15, 0.2) is 6.07 Å². The Morgan fingerprint density at radius 2 is 2.00 bits per heavy atom. The Morgan fingerprint density at radius 1 is 1.21 bits per heavy atom. The van der Waals surface area contributed by atoms with Gasteiger partial charge in [-0.15, -0.1) is 0 Å². The van der Waals surface area contributed by atoms with E-state index >= 15 is 0 Å². The lowest BCUT2D eigenvalue weighted by molar-refractivity contribution is 0.171. The third kappa shape index (κ3) is 1.14. The smallest absolute Gasteiger partial charge is 0.231 e. The van der Waals surface area contributed by atoms with E-state index in [4.69, 9.17) is 18.9 Å². The Hall–Kier alpha value is -1.58. The third-order valence-corrected chi connectivity index (χ3v) is 2.24. The summed E-state index contributed by atoms with van der Waals surface area (Å²) in [6.07, 6.45) is 0. The molecular formula is C10H12O4. The maximum atomic E-state index is 5.30. The van der Waals surface area contributed by atoms with Crippen LogP contribution in [0.5, 0.6) is 23.0 Å². The van der Waals surface area contributed by atoms with Gasteiger partial charge in [-0.1, -0.05) is 0 Å². The van der Waals surface area contributed by atoms with Crippen molar-refractivity contribution in [2.75, 3.05) is 21.0 Å². The molecule has 1 aromatic carbocycles. The number of rotatable bonds is 2. The molecule has 0 unspecified atom stereocenters. The van der Waals surface area contributed by atoms with Gasteiger partial charge in [0.1, 0.15) is 5.75 Å². The molecule has 76 valence electrons. The lowest BCUT2D eigenvalue weighted by Crippen LogP contribution is -1.95. The van der Waals surface area contributed by atoms with Crippen LogP contribution in [0.3, 0.4) is 0 Å². The Bertz CT molecular complexity index is 359. The first-order chi connectivity index (χ1) is 6.77. The number of ether oxygens (including phenoxy) is 4. The third-order valence-electron chi connectivity index (χ3n) is 2.24. The van der Waals surface area contributed by atoms with Gasteiger partial charge in [-0.3, -0.25) is 0 Å². The lowest BCUT2D eigenvalue weighted by Gasteiger charge is -2.11. The van der Waals surface area contributed by atoms with E-state index in [2.05, 4.69) is 0 Å². The van der Waals surface area contributed by atoms with Crippen molar-refractivity contribution in [1.29, 1.82) is 0 Å². The Balaban J connectivity index is 2.60. The molecule has 0 saturated heterocycles. The monoisotopic (exact) mass is 196 g/mol. The fourth-order valence-electron chi connectivity index (χ4n) is 1.54. The molecule has 1 aliphatic heterocycles. The van der Waals surface area contributed by atoms with E-state index in [-0.39, 0.29) is 6.79 Å². The van der Waals surface area contributed by atoms with Gasteiger partial charge in [-0.05, 0) is 6.92 Å². The summed E-state index contributed by atoms with van der Waals surface area (Å²) in [7, 11) is 3.22. The van der Waals surface area contributed by atoms with E-state index in [1.807, 2.05) is 6.92 Å². The molecule has 0 N–H and O–H groups in total. The summed E-state index contributed by atoms with van der Waals surface area (Å²) < 4.78 is 21.0. The maximum absolute atomic E-state index is 5.30. The highest BCUT2D eigenvalue weighted by Gasteiger charge is 2.23. The van der Waals surface area contributed by atoms with Crippen molar-refractivity contribution in [3.63, 3.8) is 0 Å². The molecule has 4 heteroatoms. The van der Waals surface area contributed by atoms with Crippen LogP contribution in [0.1, 0.15) is 5.56 Å². The first-order valence-corrected chi connectivity index (χ1v) is 4.29. The zero-order valence-corrected chi connectivity index (χ0v) is 8.42. The molecule has 0 spiro atoms. The van der Waals surface area contributed by atoms with Crippen molar-refractivity contribution in [1.82, 2.24) is 0 Å². The van der Waals surface area contributed by atoms with Crippen molar-refractivity contribution in [3.05, 3.63) is 11.6 Å². The van der Waals surface area contributed by atoms with Gasteiger partial charge in [-0.2, -0.15) is 0 Å². The number of fused-ring (bicyclic) bond motifs is 1. The minimum absolute atomic E-state index is 0.234. The average molecular weight is 196 g/mol. The first-order valence-electron chi connectivity index (χ1n) is 4.29. The van der Waals surface area contributed by atoms with Crippen LogP contribution in [-0.2, 0) is 0 Å². The summed E-state index contributed by atoms with van der Waals surface area (Å²) in [4.78, 5) is 0. The van der Waals surface area contributed by atoms with Crippen molar-refractivity contribution in [2.24, 2.45) is 0 Å². The molecule has 0 aliphatic carbocycles. The zero-order chi connectivity index (χ0) is 10.1. The molecule has 2 rings (SSSR count). The summed E-state index contributed by atoms with van der Waals surface area (Å²) >= 11 is 0. The quantitative estimate of drug-likeness (QED) is 0.722. The van der Waals surface area contributed by atoms with Gasteiger partial charge in [0, 0.05) is 11.6 Å². The van der Waals surface area contributed by atoms with E-state index in [0.717, 1.165) is 11.3 Å².